The van der Waals surface area contributed by atoms with Gasteiger partial charge in [-0.05, 0) is 24.5 Å². The molecule has 2 aromatic rings. The maximum absolute atomic E-state index is 13.1. The van der Waals surface area contributed by atoms with Gasteiger partial charge in [0.05, 0.1) is 18.3 Å². The fraction of sp³-hybridized carbons (Fsp3) is 0.421. The summed E-state index contributed by atoms with van der Waals surface area (Å²) in [6.07, 6.45) is -2.37. The number of ketones is 1. The number of hydrogen-bond acceptors (Lipinski definition) is 4. The molecule has 0 aliphatic rings. The van der Waals surface area contributed by atoms with Gasteiger partial charge in [-0.1, -0.05) is 32.0 Å². The summed E-state index contributed by atoms with van der Waals surface area (Å²) in [6, 6.07) is 5.10. The Balaban J connectivity index is 2.56. The summed E-state index contributed by atoms with van der Waals surface area (Å²) in [6.45, 7) is 4.96. The molecule has 0 saturated heterocycles. The zero-order valence-corrected chi connectivity index (χ0v) is 15.3. The van der Waals surface area contributed by atoms with Crippen molar-refractivity contribution >= 4 is 5.78 Å². The number of nitrogens with zero attached hydrogens (tertiary/aromatic N) is 2. The molecule has 0 fully saturated rings. The zero-order valence-electron chi connectivity index (χ0n) is 15.3. The van der Waals surface area contributed by atoms with Gasteiger partial charge in [0.25, 0.3) is 5.43 Å². The van der Waals surface area contributed by atoms with E-state index in [-0.39, 0.29) is 6.54 Å². The second-order valence-corrected chi connectivity index (χ2v) is 6.51. The average molecular weight is 382 g/mol. The van der Waals surface area contributed by atoms with Crippen LogP contribution in [-0.4, -0.2) is 20.7 Å². The van der Waals surface area contributed by atoms with E-state index in [1.54, 1.807) is 6.07 Å². The molecule has 146 valence electrons. The minimum atomic E-state index is -4.46. The molecule has 0 amide bonds. The lowest BCUT2D eigenvalue weighted by Gasteiger charge is -2.33. The number of benzene rings is 1. The Labute approximate surface area is 154 Å². The van der Waals surface area contributed by atoms with Crippen LogP contribution >= 0.6 is 0 Å². The molecular weight excluding hydrogens is 361 g/mol. The highest BCUT2D eigenvalue weighted by atomic mass is 19.4. The van der Waals surface area contributed by atoms with Gasteiger partial charge < -0.3 is 5.11 Å². The highest BCUT2D eigenvalue weighted by Crippen LogP contribution is 2.37. The van der Waals surface area contributed by atoms with Crippen LogP contribution in [0, 0.1) is 0 Å². The Morgan fingerprint density at radius 3 is 2.30 bits per heavy atom. The van der Waals surface area contributed by atoms with Crippen LogP contribution in [0.4, 0.5) is 13.2 Å². The molecule has 2 rings (SSSR count). The SMILES string of the molecule is CCC(CC)(Cn1cc(O)c(=O)c(C(C)=O)n1)c1cccc(C(F)(F)F)c1. The van der Waals surface area contributed by atoms with Gasteiger partial charge in [0.1, 0.15) is 0 Å². The van der Waals surface area contributed by atoms with Crippen molar-refractivity contribution in [1.29, 1.82) is 0 Å². The van der Waals surface area contributed by atoms with Crippen LogP contribution in [0.5, 0.6) is 5.75 Å². The predicted octanol–water partition coefficient (Wildman–Crippen LogP) is 3.93. The summed E-state index contributed by atoms with van der Waals surface area (Å²) in [5.74, 6) is -1.22. The third kappa shape index (κ3) is 4.20. The topological polar surface area (TPSA) is 72.2 Å². The predicted molar refractivity (Wildman–Crippen MR) is 93.9 cm³/mol. The van der Waals surface area contributed by atoms with Crippen molar-refractivity contribution in [3.8, 4) is 5.75 Å². The number of Topliss-reactive ketones (excluding diaryl/α,β-unsaturated/α-hetero) is 1. The average Bonchev–Trinajstić information content (AvgIpc) is 2.61. The van der Waals surface area contributed by atoms with Crippen molar-refractivity contribution in [2.24, 2.45) is 0 Å². The highest BCUT2D eigenvalue weighted by molar-refractivity contribution is 5.92. The van der Waals surface area contributed by atoms with Crippen LogP contribution in [0.25, 0.3) is 0 Å². The number of carbonyl (C=O) groups excluding carboxylic acids is 1. The number of alkyl halides is 3. The van der Waals surface area contributed by atoms with Crippen LogP contribution in [0.15, 0.2) is 35.3 Å². The Morgan fingerprint density at radius 1 is 1.19 bits per heavy atom. The maximum atomic E-state index is 13.1. The number of hydrogen-bond donors (Lipinski definition) is 1. The fourth-order valence-corrected chi connectivity index (χ4v) is 3.14. The van der Waals surface area contributed by atoms with Crippen LogP contribution in [0.3, 0.4) is 0 Å². The quantitative estimate of drug-likeness (QED) is 0.769. The van der Waals surface area contributed by atoms with E-state index in [2.05, 4.69) is 5.10 Å². The van der Waals surface area contributed by atoms with E-state index in [1.807, 2.05) is 13.8 Å². The van der Waals surface area contributed by atoms with E-state index >= 15 is 0 Å². The van der Waals surface area contributed by atoms with Crippen molar-refractivity contribution in [2.45, 2.75) is 51.7 Å². The molecule has 5 nitrogen and oxygen atoms in total. The van der Waals surface area contributed by atoms with Crippen molar-refractivity contribution in [2.75, 3.05) is 0 Å². The number of halogens is 3. The van der Waals surface area contributed by atoms with E-state index in [1.165, 1.54) is 10.7 Å². The molecule has 8 heteroatoms. The molecule has 0 unspecified atom stereocenters. The lowest BCUT2D eigenvalue weighted by molar-refractivity contribution is -0.137. The van der Waals surface area contributed by atoms with Crippen molar-refractivity contribution in [3.63, 3.8) is 0 Å². The number of rotatable bonds is 6. The summed E-state index contributed by atoms with van der Waals surface area (Å²) < 4.78 is 40.6. The summed E-state index contributed by atoms with van der Waals surface area (Å²) in [4.78, 5) is 23.4. The Bertz CT molecular complexity index is 900. The van der Waals surface area contributed by atoms with E-state index in [0.717, 1.165) is 25.3 Å². The van der Waals surface area contributed by atoms with Gasteiger partial charge in [-0.3, -0.25) is 14.3 Å². The second-order valence-electron chi connectivity index (χ2n) is 6.51. The van der Waals surface area contributed by atoms with E-state index in [0.29, 0.717) is 18.4 Å². The fourth-order valence-electron chi connectivity index (χ4n) is 3.14. The molecule has 27 heavy (non-hydrogen) atoms. The Morgan fingerprint density at radius 2 is 1.78 bits per heavy atom. The molecule has 0 spiro atoms. The molecule has 0 aliphatic heterocycles. The molecule has 0 radical (unpaired) electrons. The van der Waals surface area contributed by atoms with Crippen LogP contribution in [0.1, 0.15) is 55.2 Å². The minimum absolute atomic E-state index is 0.107. The third-order valence-electron chi connectivity index (χ3n) is 4.90. The van der Waals surface area contributed by atoms with Gasteiger partial charge in [0, 0.05) is 12.3 Å². The van der Waals surface area contributed by atoms with Gasteiger partial charge in [0.15, 0.2) is 17.2 Å². The molecule has 0 aliphatic carbocycles. The summed E-state index contributed by atoms with van der Waals surface area (Å²) in [5.41, 5.74) is -2.25. The normalized spacial score (nSPS) is 12.2. The largest absolute Gasteiger partial charge is 0.503 e. The summed E-state index contributed by atoms with van der Waals surface area (Å²) in [7, 11) is 0. The maximum Gasteiger partial charge on any atom is 0.416 e. The number of aromatic hydroxyl groups is 1. The standard InChI is InChI=1S/C19H21F3N2O3/c1-4-18(5-2,13-7-6-8-14(9-13)19(20,21)22)11-24-10-15(26)17(27)16(23-24)12(3)25/h6-10,26H,4-5,11H2,1-3H3. The van der Waals surface area contributed by atoms with Crippen molar-refractivity contribution < 1.29 is 23.1 Å². The minimum Gasteiger partial charge on any atom is -0.503 e. The summed E-state index contributed by atoms with van der Waals surface area (Å²) >= 11 is 0. The lowest BCUT2D eigenvalue weighted by atomic mass is 9.75. The first-order valence-corrected chi connectivity index (χ1v) is 8.53. The summed E-state index contributed by atoms with van der Waals surface area (Å²) in [5, 5.41) is 13.8. The first-order valence-electron chi connectivity index (χ1n) is 8.53. The van der Waals surface area contributed by atoms with Crippen molar-refractivity contribution in [1.82, 2.24) is 9.78 Å². The highest BCUT2D eigenvalue weighted by Gasteiger charge is 2.35. The van der Waals surface area contributed by atoms with Crippen LogP contribution in [0.2, 0.25) is 0 Å². The molecule has 0 bridgehead atoms. The van der Waals surface area contributed by atoms with Crippen LogP contribution < -0.4 is 5.43 Å². The van der Waals surface area contributed by atoms with Gasteiger partial charge in [-0.15, -0.1) is 0 Å². The van der Waals surface area contributed by atoms with Crippen molar-refractivity contribution in [3.05, 3.63) is 57.5 Å². The van der Waals surface area contributed by atoms with Gasteiger partial charge in [0.2, 0.25) is 0 Å². The smallest absolute Gasteiger partial charge is 0.416 e. The molecule has 1 heterocycles. The number of carbonyl (C=O) groups is 1. The van der Waals surface area contributed by atoms with Gasteiger partial charge in [-0.2, -0.15) is 18.3 Å². The molecular formula is C19H21F3N2O3. The van der Waals surface area contributed by atoms with Crippen LogP contribution in [-0.2, 0) is 18.1 Å². The number of aromatic nitrogens is 2. The van der Waals surface area contributed by atoms with E-state index in [9.17, 15) is 27.9 Å². The Kier molecular flexibility index (Phi) is 5.77. The van der Waals surface area contributed by atoms with E-state index in [4.69, 9.17) is 0 Å². The zero-order chi connectivity index (χ0) is 20.4. The molecule has 1 aromatic carbocycles. The van der Waals surface area contributed by atoms with E-state index < -0.39 is 39.8 Å². The third-order valence-corrected chi connectivity index (χ3v) is 4.90. The molecule has 0 saturated carbocycles. The molecule has 1 aromatic heterocycles. The first kappa shape index (κ1) is 20.7. The molecule has 1 N–H and O–H groups in total. The monoisotopic (exact) mass is 382 g/mol. The first-order chi connectivity index (χ1) is 12.5. The van der Waals surface area contributed by atoms with Gasteiger partial charge >= 0.3 is 6.18 Å². The Hall–Kier alpha value is -2.64. The molecule has 0 atom stereocenters. The lowest BCUT2D eigenvalue weighted by Crippen LogP contribution is -2.33. The van der Waals surface area contributed by atoms with Gasteiger partial charge in [-0.25, -0.2) is 0 Å². The second kappa shape index (κ2) is 7.54.